The molecular weight excluding hydrogens is 218 g/mol. The fraction of sp³-hybridized carbons (Fsp3) is 0.846. The van der Waals surface area contributed by atoms with E-state index < -0.39 is 5.97 Å². The van der Waals surface area contributed by atoms with Crippen molar-refractivity contribution in [3.8, 4) is 0 Å². The lowest BCUT2D eigenvalue weighted by atomic mass is 9.81. The van der Waals surface area contributed by atoms with Crippen LogP contribution in [0, 0.1) is 11.8 Å². The molecule has 0 saturated heterocycles. The number of carboxylic acid groups (broad SMARTS) is 1. The van der Waals surface area contributed by atoms with Crippen LogP contribution >= 0.6 is 0 Å². The second kappa shape index (κ2) is 5.07. The van der Waals surface area contributed by atoms with E-state index in [1.165, 1.54) is 6.42 Å². The molecule has 96 valence electrons. The predicted octanol–water partition coefficient (Wildman–Crippen LogP) is 1.89. The Kier molecular flexibility index (Phi) is 3.69. The molecule has 1 amide bonds. The first-order valence-electron chi connectivity index (χ1n) is 6.60. The van der Waals surface area contributed by atoms with Crippen molar-refractivity contribution in [2.45, 2.75) is 51.5 Å². The summed E-state index contributed by atoms with van der Waals surface area (Å²) in [5.41, 5.74) is 0. The van der Waals surface area contributed by atoms with Crippen LogP contribution in [0.2, 0.25) is 0 Å². The number of carboxylic acids is 1. The normalized spacial score (nSPS) is 28.8. The first-order chi connectivity index (χ1) is 8.08. The number of amides is 1. The van der Waals surface area contributed by atoms with Crippen molar-refractivity contribution < 1.29 is 14.7 Å². The highest BCUT2D eigenvalue weighted by molar-refractivity contribution is 5.83. The number of hydrogen-bond donors (Lipinski definition) is 1. The summed E-state index contributed by atoms with van der Waals surface area (Å²) in [5.74, 6) is -0.141. The van der Waals surface area contributed by atoms with Gasteiger partial charge in [0.2, 0.25) is 5.91 Å². The van der Waals surface area contributed by atoms with E-state index in [1.54, 1.807) is 4.90 Å². The molecule has 2 aliphatic rings. The van der Waals surface area contributed by atoms with Gasteiger partial charge in [-0.2, -0.15) is 0 Å². The summed E-state index contributed by atoms with van der Waals surface area (Å²) in [6.45, 7) is 2.06. The van der Waals surface area contributed by atoms with Gasteiger partial charge in [0.15, 0.2) is 0 Å². The third kappa shape index (κ3) is 3.20. The van der Waals surface area contributed by atoms with Crippen molar-refractivity contribution in [1.29, 1.82) is 0 Å². The minimum atomic E-state index is -0.894. The molecule has 0 unspecified atom stereocenters. The van der Waals surface area contributed by atoms with Crippen molar-refractivity contribution >= 4 is 11.9 Å². The van der Waals surface area contributed by atoms with Crippen LogP contribution in [0.25, 0.3) is 0 Å². The average molecular weight is 239 g/mol. The highest BCUT2D eigenvalue weighted by Crippen LogP contribution is 2.33. The van der Waals surface area contributed by atoms with Gasteiger partial charge in [0.1, 0.15) is 6.54 Å². The van der Waals surface area contributed by atoms with E-state index in [4.69, 9.17) is 5.11 Å². The SMILES string of the molecule is C[C@@H]1CCC[C@@H](C(=O)N(CC(=O)O)C2CC2)C1. The summed E-state index contributed by atoms with van der Waals surface area (Å²) < 4.78 is 0. The van der Waals surface area contributed by atoms with Gasteiger partial charge >= 0.3 is 5.97 Å². The number of aliphatic carboxylic acids is 1. The van der Waals surface area contributed by atoms with E-state index in [0.29, 0.717) is 5.92 Å². The monoisotopic (exact) mass is 239 g/mol. The zero-order chi connectivity index (χ0) is 12.4. The second-order valence-corrected chi connectivity index (χ2v) is 5.56. The molecule has 1 N–H and O–H groups in total. The van der Waals surface area contributed by atoms with Crippen molar-refractivity contribution in [2.24, 2.45) is 11.8 Å². The zero-order valence-electron chi connectivity index (χ0n) is 10.4. The second-order valence-electron chi connectivity index (χ2n) is 5.56. The quantitative estimate of drug-likeness (QED) is 0.815. The average Bonchev–Trinajstić information content (AvgIpc) is 3.08. The minimum Gasteiger partial charge on any atom is -0.480 e. The maximum absolute atomic E-state index is 12.3. The van der Waals surface area contributed by atoms with E-state index in [0.717, 1.165) is 32.1 Å². The number of carbonyl (C=O) groups is 2. The largest absolute Gasteiger partial charge is 0.480 e. The molecule has 2 atom stereocenters. The first-order valence-corrected chi connectivity index (χ1v) is 6.60. The van der Waals surface area contributed by atoms with E-state index in [9.17, 15) is 9.59 Å². The van der Waals surface area contributed by atoms with Crippen LogP contribution in [0.3, 0.4) is 0 Å². The van der Waals surface area contributed by atoms with Crippen LogP contribution in [0.4, 0.5) is 0 Å². The first kappa shape index (κ1) is 12.4. The number of nitrogens with zero attached hydrogens (tertiary/aromatic N) is 1. The minimum absolute atomic E-state index is 0.0682. The summed E-state index contributed by atoms with van der Waals surface area (Å²) in [5, 5.41) is 8.87. The van der Waals surface area contributed by atoms with Crippen molar-refractivity contribution in [3.05, 3.63) is 0 Å². The number of hydrogen-bond acceptors (Lipinski definition) is 2. The van der Waals surface area contributed by atoms with Gasteiger partial charge in [0.25, 0.3) is 0 Å². The number of carbonyl (C=O) groups excluding carboxylic acids is 1. The van der Waals surface area contributed by atoms with Gasteiger partial charge in [0, 0.05) is 12.0 Å². The molecule has 4 heteroatoms. The molecule has 0 heterocycles. The molecule has 0 spiro atoms. The molecule has 4 nitrogen and oxygen atoms in total. The summed E-state index contributed by atoms with van der Waals surface area (Å²) in [6.07, 6.45) is 6.12. The molecule has 0 aliphatic heterocycles. The van der Waals surface area contributed by atoms with Gasteiger partial charge in [0.05, 0.1) is 0 Å². The molecule has 2 fully saturated rings. The molecule has 0 bridgehead atoms. The maximum atomic E-state index is 12.3. The molecular formula is C13H21NO3. The van der Waals surface area contributed by atoms with Crippen LogP contribution in [-0.4, -0.2) is 34.5 Å². The van der Waals surface area contributed by atoms with E-state index in [1.807, 2.05) is 0 Å². The highest BCUT2D eigenvalue weighted by Gasteiger charge is 2.37. The van der Waals surface area contributed by atoms with Crippen LogP contribution in [-0.2, 0) is 9.59 Å². The Morgan fingerprint density at radius 3 is 2.47 bits per heavy atom. The molecule has 0 aromatic heterocycles. The lowest BCUT2D eigenvalue weighted by Gasteiger charge is -2.30. The van der Waals surface area contributed by atoms with Gasteiger partial charge in [-0.05, 0) is 31.6 Å². The van der Waals surface area contributed by atoms with Gasteiger partial charge in [-0.1, -0.05) is 19.8 Å². The van der Waals surface area contributed by atoms with Crippen LogP contribution in [0.5, 0.6) is 0 Å². The Labute approximate surface area is 102 Å². The summed E-state index contributed by atoms with van der Waals surface area (Å²) in [4.78, 5) is 24.7. The lowest BCUT2D eigenvalue weighted by molar-refractivity contribution is -0.147. The van der Waals surface area contributed by atoms with Gasteiger partial charge < -0.3 is 10.0 Å². The smallest absolute Gasteiger partial charge is 0.323 e. The fourth-order valence-corrected chi connectivity index (χ4v) is 2.81. The number of rotatable bonds is 4. The molecule has 2 saturated carbocycles. The van der Waals surface area contributed by atoms with Crippen LogP contribution in [0.1, 0.15) is 45.4 Å². The highest BCUT2D eigenvalue weighted by atomic mass is 16.4. The van der Waals surface area contributed by atoms with E-state index >= 15 is 0 Å². The summed E-state index contributed by atoms with van der Waals surface area (Å²) in [6, 6.07) is 0.204. The molecule has 0 aromatic rings. The topological polar surface area (TPSA) is 57.6 Å². The predicted molar refractivity (Wildman–Crippen MR) is 63.5 cm³/mol. The van der Waals surface area contributed by atoms with Gasteiger partial charge in [-0.3, -0.25) is 9.59 Å². The van der Waals surface area contributed by atoms with Gasteiger partial charge in [-0.15, -0.1) is 0 Å². The van der Waals surface area contributed by atoms with Crippen molar-refractivity contribution in [3.63, 3.8) is 0 Å². The van der Waals surface area contributed by atoms with Crippen LogP contribution < -0.4 is 0 Å². The van der Waals surface area contributed by atoms with Crippen LogP contribution in [0.15, 0.2) is 0 Å². The Morgan fingerprint density at radius 2 is 1.94 bits per heavy atom. The molecule has 17 heavy (non-hydrogen) atoms. The third-order valence-electron chi connectivity index (χ3n) is 3.86. The Bertz CT molecular complexity index is 312. The van der Waals surface area contributed by atoms with Crippen molar-refractivity contribution in [2.75, 3.05) is 6.54 Å². The summed E-state index contributed by atoms with van der Waals surface area (Å²) in [7, 11) is 0. The lowest BCUT2D eigenvalue weighted by Crippen LogP contribution is -2.42. The molecule has 2 rings (SSSR count). The standard InChI is InChI=1S/C13H21NO3/c1-9-3-2-4-10(7-9)13(17)14(8-12(15)16)11-5-6-11/h9-11H,2-8H2,1H3,(H,15,16)/t9-,10-/m1/s1. The Morgan fingerprint density at radius 1 is 1.24 bits per heavy atom. The fourth-order valence-electron chi connectivity index (χ4n) is 2.81. The van der Waals surface area contributed by atoms with E-state index in [2.05, 4.69) is 6.92 Å². The molecule has 0 radical (unpaired) electrons. The zero-order valence-corrected chi connectivity index (χ0v) is 10.4. The maximum Gasteiger partial charge on any atom is 0.323 e. The third-order valence-corrected chi connectivity index (χ3v) is 3.86. The Hall–Kier alpha value is -1.06. The summed E-state index contributed by atoms with van der Waals surface area (Å²) >= 11 is 0. The Balaban J connectivity index is 1.97. The molecule has 0 aromatic carbocycles. The van der Waals surface area contributed by atoms with Crippen molar-refractivity contribution in [1.82, 2.24) is 4.90 Å². The van der Waals surface area contributed by atoms with Gasteiger partial charge in [-0.25, -0.2) is 0 Å². The molecule has 2 aliphatic carbocycles. The van der Waals surface area contributed by atoms with E-state index in [-0.39, 0.29) is 24.4 Å².